The number of hydrogen-bond acceptors (Lipinski definition) is 2. The van der Waals surface area contributed by atoms with Gasteiger partial charge in [0.15, 0.2) is 0 Å². The van der Waals surface area contributed by atoms with Crippen LogP contribution in [-0.2, 0) is 4.79 Å². The summed E-state index contributed by atoms with van der Waals surface area (Å²) in [6, 6.07) is 5.42. The SMILES string of the molecule is Nc1cc(C(CC(=O)O)C2CC2)ccc1Cl. The minimum absolute atomic E-state index is 0.0806. The van der Waals surface area contributed by atoms with Crippen molar-refractivity contribution in [2.45, 2.75) is 25.2 Å². The van der Waals surface area contributed by atoms with E-state index in [1.807, 2.05) is 6.07 Å². The van der Waals surface area contributed by atoms with Gasteiger partial charge in [0.1, 0.15) is 0 Å². The molecule has 1 atom stereocenters. The summed E-state index contributed by atoms with van der Waals surface area (Å²) >= 11 is 5.84. The van der Waals surface area contributed by atoms with Crippen molar-refractivity contribution in [3.05, 3.63) is 28.8 Å². The Morgan fingerprint density at radius 1 is 1.56 bits per heavy atom. The lowest BCUT2D eigenvalue weighted by Gasteiger charge is -2.15. The van der Waals surface area contributed by atoms with Crippen molar-refractivity contribution >= 4 is 23.3 Å². The van der Waals surface area contributed by atoms with Gasteiger partial charge in [-0.15, -0.1) is 0 Å². The van der Waals surface area contributed by atoms with E-state index < -0.39 is 5.97 Å². The Bertz CT molecular complexity index is 415. The summed E-state index contributed by atoms with van der Waals surface area (Å²) in [4.78, 5) is 10.8. The zero-order valence-corrected chi connectivity index (χ0v) is 9.57. The van der Waals surface area contributed by atoms with Crippen LogP contribution in [0.1, 0.15) is 30.7 Å². The van der Waals surface area contributed by atoms with Crippen molar-refractivity contribution in [3.63, 3.8) is 0 Å². The fourth-order valence-electron chi connectivity index (χ4n) is 2.04. The predicted molar refractivity (Wildman–Crippen MR) is 63.6 cm³/mol. The molecule has 16 heavy (non-hydrogen) atoms. The highest BCUT2D eigenvalue weighted by molar-refractivity contribution is 6.33. The van der Waals surface area contributed by atoms with Crippen LogP contribution >= 0.6 is 11.6 Å². The van der Waals surface area contributed by atoms with E-state index in [4.69, 9.17) is 22.4 Å². The molecule has 0 bridgehead atoms. The van der Waals surface area contributed by atoms with E-state index in [2.05, 4.69) is 0 Å². The van der Waals surface area contributed by atoms with E-state index in [0.29, 0.717) is 16.6 Å². The molecular formula is C12H14ClNO2. The van der Waals surface area contributed by atoms with E-state index in [1.165, 1.54) is 0 Å². The zero-order valence-electron chi connectivity index (χ0n) is 8.82. The maximum atomic E-state index is 10.8. The van der Waals surface area contributed by atoms with Crippen molar-refractivity contribution in [2.24, 2.45) is 5.92 Å². The topological polar surface area (TPSA) is 63.3 Å². The largest absolute Gasteiger partial charge is 0.481 e. The minimum Gasteiger partial charge on any atom is -0.481 e. The van der Waals surface area contributed by atoms with Crippen LogP contribution in [0, 0.1) is 5.92 Å². The molecule has 4 heteroatoms. The van der Waals surface area contributed by atoms with Gasteiger partial charge in [-0.25, -0.2) is 0 Å². The molecule has 1 unspecified atom stereocenters. The third-order valence-electron chi connectivity index (χ3n) is 3.03. The lowest BCUT2D eigenvalue weighted by Crippen LogP contribution is -2.08. The summed E-state index contributed by atoms with van der Waals surface area (Å²) in [7, 11) is 0. The first-order valence-electron chi connectivity index (χ1n) is 5.34. The van der Waals surface area contributed by atoms with Gasteiger partial charge < -0.3 is 10.8 Å². The monoisotopic (exact) mass is 239 g/mol. The van der Waals surface area contributed by atoms with Crippen LogP contribution in [-0.4, -0.2) is 11.1 Å². The normalized spacial score (nSPS) is 17.1. The Hall–Kier alpha value is -1.22. The molecule has 1 aromatic rings. The molecule has 0 amide bonds. The standard InChI is InChI=1S/C12H14ClNO2/c13-10-4-3-8(5-11(10)14)9(6-12(15)16)7-1-2-7/h3-5,7,9H,1-2,6,14H2,(H,15,16). The van der Waals surface area contributed by atoms with Gasteiger partial charge in [0.05, 0.1) is 17.1 Å². The van der Waals surface area contributed by atoms with E-state index in [-0.39, 0.29) is 12.3 Å². The maximum Gasteiger partial charge on any atom is 0.303 e. The fourth-order valence-corrected chi connectivity index (χ4v) is 2.15. The Labute approximate surface area is 99.2 Å². The van der Waals surface area contributed by atoms with Crippen LogP contribution < -0.4 is 5.73 Å². The first kappa shape index (κ1) is 11.3. The lowest BCUT2D eigenvalue weighted by atomic mass is 9.91. The van der Waals surface area contributed by atoms with Gasteiger partial charge in [-0.1, -0.05) is 17.7 Å². The average Bonchev–Trinajstić information content (AvgIpc) is 3.02. The van der Waals surface area contributed by atoms with Crippen molar-refractivity contribution in [2.75, 3.05) is 5.73 Å². The molecule has 1 fully saturated rings. The molecular weight excluding hydrogens is 226 g/mol. The number of nitrogen functional groups attached to an aromatic ring is 1. The van der Waals surface area contributed by atoms with Gasteiger partial charge in [0.25, 0.3) is 0 Å². The lowest BCUT2D eigenvalue weighted by molar-refractivity contribution is -0.137. The van der Waals surface area contributed by atoms with Gasteiger partial charge in [-0.2, -0.15) is 0 Å². The number of carboxylic acids is 1. The molecule has 1 aliphatic carbocycles. The summed E-state index contributed by atoms with van der Waals surface area (Å²) in [6.07, 6.45) is 2.40. The first-order valence-corrected chi connectivity index (χ1v) is 5.72. The summed E-state index contributed by atoms with van der Waals surface area (Å²) in [5, 5.41) is 9.41. The van der Waals surface area contributed by atoms with Gasteiger partial charge in [-0.05, 0) is 42.4 Å². The molecule has 2 rings (SSSR count). The molecule has 3 nitrogen and oxygen atoms in total. The Balaban J connectivity index is 2.24. The second-order valence-electron chi connectivity index (χ2n) is 4.32. The number of carbonyl (C=O) groups is 1. The number of rotatable bonds is 4. The van der Waals surface area contributed by atoms with Gasteiger partial charge in [0.2, 0.25) is 0 Å². The number of nitrogens with two attached hydrogens (primary N) is 1. The van der Waals surface area contributed by atoms with Crippen molar-refractivity contribution in [1.29, 1.82) is 0 Å². The van der Waals surface area contributed by atoms with E-state index in [9.17, 15) is 4.79 Å². The molecule has 0 spiro atoms. The number of hydrogen-bond donors (Lipinski definition) is 2. The number of aliphatic carboxylic acids is 1. The molecule has 1 aliphatic rings. The van der Waals surface area contributed by atoms with Crippen molar-refractivity contribution < 1.29 is 9.90 Å². The molecule has 3 N–H and O–H groups in total. The summed E-state index contributed by atoms with van der Waals surface area (Å²) < 4.78 is 0. The molecule has 0 saturated heterocycles. The molecule has 86 valence electrons. The average molecular weight is 240 g/mol. The second-order valence-corrected chi connectivity index (χ2v) is 4.73. The molecule has 0 aromatic heterocycles. The third-order valence-corrected chi connectivity index (χ3v) is 3.38. The number of carboxylic acid groups (broad SMARTS) is 1. The van der Waals surface area contributed by atoms with E-state index in [0.717, 1.165) is 18.4 Å². The highest BCUT2D eigenvalue weighted by Crippen LogP contribution is 2.45. The Morgan fingerprint density at radius 3 is 2.75 bits per heavy atom. The van der Waals surface area contributed by atoms with Crippen LogP contribution in [0.4, 0.5) is 5.69 Å². The van der Waals surface area contributed by atoms with Crippen LogP contribution in [0.3, 0.4) is 0 Å². The third kappa shape index (κ3) is 2.47. The minimum atomic E-state index is -0.759. The van der Waals surface area contributed by atoms with Crippen LogP contribution in [0.25, 0.3) is 0 Å². The molecule has 0 aliphatic heterocycles. The summed E-state index contributed by atoms with van der Waals surface area (Å²) in [5.74, 6) is -0.181. The molecule has 0 radical (unpaired) electrons. The number of halogens is 1. The molecule has 0 heterocycles. The molecule has 1 saturated carbocycles. The smallest absolute Gasteiger partial charge is 0.303 e. The van der Waals surface area contributed by atoms with Gasteiger partial charge in [-0.3, -0.25) is 4.79 Å². The van der Waals surface area contributed by atoms with Crippen molar-refractivity contribution in [1.82, 2.24) is 0 Å². The van der Waals surface area contributed by atoms with Crippen LogP contribution in [0.5, 0.6) is 0 Å². The fraction of sp³-hybridized carbons (Fsp3) is 0.417. The van der Waals surface area contributed by atoms with Crippen LogP contribution in [0.15, 0.2) is 18.2 Å². The molecule has 1 aromatic carbocycles. The van der Waals surface area contributed by atoms with Crippen molar-refractivity contribution in [3.8, 4) is 0 Å². The quantitative estimate of drug-likeness (QED) is 0.794. The van der Waals surface area contributed by atoms with Gasteiger partial charge in [0, 0.05) is 0 Å². The summed E-state index contributed by atoms with van der Waals surface area (Å²) in [5.41, 5.74) is 7.25. The highest BCUT2D eigenvalue weighted by Gasteiger charge is 2.33. The number of anilines is 1. The Morgan fingerprint density at radius 2 is 2.25 bits per heavy atom. The van der Waals surface area contributed by atoms with E-state index in [1.54, 1.807) is 12.1 Å². The summed E-state index contributed by atoms with van der Waals surface area (Å²) in [6.45, 7) is 0. The van der Waals surface area contributed by atoms with E-state index >= 15 is 0 Å². The predicted octanol–water partition coefficient (Wildman–Crippen LogP) is 2.89. The first-order chi connectivity index (χ1) is 7.58. The van der Waals surface area contributed by atoms with Crippen LogP contribution in [0.2, 0.25) is 5.02 Å². The Kier molecular flexibility index (Phi) is 3.06. The highest BCUT2D eigenvalue weighted by atomic mass is 35.5. The van der Waals surface area contributed by atoms with Gasteiger partial charge >= 0.3 is 5.97 Å². The zero-order chi connectivity index (χ0) is 11.7. The second kappa shape index (κ2) is 4.34. The maximum absolute atomic E-state index is 10.8. The number of benzene rings is 1.